The lowest BCUT2D eigenvalue weighted by Gasteiger charge is -2.26. The van der Waals surface area contributed by atoms with Crippen molar-refractivity contribution in [3.8, 4) is 10.7 Å². The van der Waals surface area contributed by atoms with Crippen molar-refractivity contribution < 1.29 is 9.53 Å². The molecule has 146 valence electrons. The number of morpholine rings is 1. The number of benzene rings is 1. The molecule has 1 fully saturated rings. The Balaban J connectivity index is 1.41. The molecule has 4 aromatic rings. The molecule has 1 saturated heterocycles. The topological polar surface area (TPSA) is 96.0 Å². The summed E-state index contributed by atoms with van der Waals surface area (Å²) in [5.74, 6) is 1.32. The van der Waals surface area contributed by atoms with Crippen molar-refractivity contribution in [2.75, 3.05) is 31.6 Å². The van der Waals surface area contributed by atoms with Crippen molar-refractivity contribution in [1.82, 2.24) is 25.1 Å². The number of carbonyl (C=O) groups excluding carboxylic acids is 1. The lowest BCUT2D eigenvalue weighted by atomic mass is 10.1. The Labute approximate surface area is 170 Å². The van der Waals surface area contributed by atoms with Gasteiger partial charge >= 0.3 is 0 Å². The van der Waals surface area contributed by atoms with Crippen molar-refractivity contribution in [2.45, 2.75) is 0 Å². The molecule has 0 radical (unpaired) electrons. The van der Waals surface area contributed by atoms with Gasteiger partial charge in [0.1, 0.15) is 11.0 Å². The summed E-state index contributed by atoms with van der Waals surface area (Å²) in [6, 6.07) is 11.4. The average molecular weight is 406 g/mol. The number of hydrogen-bond donors (Lipinski definition) is 2. The lowest BCUT2D eigenvalue weighted by molar-refractivity contribution is 0.0303. The summed E-state index contributed by atoms with van der Waals surface area (Å²) in [7, 11) is 0. The minimum Gasteiger partial charge on any atom is -0.378 e. The fourth-order valence-electron chi connectivity index (χ4n) is 3.23. The maximum absolute atomic E-state index is 12.6. The monoisotopic (exact) mass is 406 g/mol. The summed E-state index contributed by atoms with van der Waals surface area (Å²) in [6.45, 7) is 2.43. The number of carbonyl (C=O) groups is 1. The number of H-pyrrole nitrogens is 1. The third-order valence-electron chi connectivity index (χ3n) is 4.73. The van der Waals surface area contributed by atoms with Crippen LogP contribution in [-0.4, -0.2) is 57.3 Å². The summed E-state index contributed by atoms with van der Waals surface area (Å²) in [5.41, 5.74) is 2.96. The van der Waals surface area contributed by atoms with E-state index in [1.54, 1.807) is 17.5 Å². The third-order valence-corrected chi connectivity index (χ3v) is 5.60. The Morgan fingerprint density at radius 2 is 1.97 bits per heavy atom. The van der Waals surface area contributed by atoms with Gasteiger partial charge in [-0.3, -0.25) is 9.89 Å². The number of thiophene rings is 1. The van der Waals surface area contributed by atoms with E-state index in [9.17, 15) is 4.79 Å². The molecule has 1 aliphatic heterocycles. The molecule has 8 nitrogen and oxygen atoms in total. The maximum atomic E-state index is 12.6. The first-order valence-electron chi connectivity index (χ1n) is 9.27. The van der Waals surface area contributed by atoms with Crippen molar-refractivity contribution in [3.63, 3.8) is 0 Å². The Kier molecular flexibility index (Phi) is 4.66. The van der Waals surface area contributed by atoms with Crippen LogP contribution in [0.4, 0.5) is 11.5 Å². The largest absolute Gasteiger partial charge is 0.378 e. The first kappa shape index (κ1) is 17.8. The average Bonchev–Trinajstić information content (AvgIpc) is 3.46. The standard InChI is InChI=1S/C20H18N6O2S/c27-20(26-7-9-28-10-8-26)13-3-5-14(6-4-13)22-19-17-15(12-21-25-17)23-18(24-19)16-2-1-11-29-16/h1-6,11-12H,7-10H2,(H,21,25)(H,22,23,24). The Morgan fingerprint density at radius 1 is 1.14 bits per heavy atom. The molecule has 5 rings (SSSR count). The first-order valence-corrected chi connectivity index (χ1v) is 10.1. The highest BCUT2D eigenvalue weighted by molar-refractivity contribution is 7.13. The summed E-state index contributed by atoms with van der Waals surface area (Å²) in [6.07, 6.45) is 1.68. The van der Waals surface area contributed by atoms with Gasteiger partial charge < -0.3 is 15.0 Å². The van der Waals surface area contributed by atoms with E-state index in [-0.39, 0.29) is 5.91 Å². The summed E-state index contributed by atoms with van der Waals surface area (Å²) in [4.78, 5) is 24.7. The van der Waals surface area contributed by atoms with E-state index in [2.05, 4.69) is 25.5 Å². The molecule has 9 heteroatoms. The number of amides is 1. The Hall–Kier alpha value is -3.30. The summed E-state index contributed by atoms with van der Waals surface area (Å²) >= 11 is 1.59. The van der Waals surface area contributed by atoms with E-state index in [0.29, 0.717) is 43.5 Å². The fraction of sp³-hybridized carbons (Fsp3) is 0.200. The van der Waals surface area contributed by atoms with E-state index in [1.807, 2.05) is 46.7 Å². The zero-order chi connectivity index (χ0) is 19.6. The van der Waals surface area contributed by atoms with Gasteiger partial charge in [-0.05, 0) is 35.7 Å². The molecule has 0 spiro atoms. The van der Waals surface area contributed by atoms with Gasteiger partial charge in [0, 0.05) is 24.3 Å². The highest BCUT2D eigenvalue weighted by atomic mass is 32.1. The van der Waals surface area contributed by atoms with Crippen LogP contribution in [-0.2, 0) is 4.74 Å². The van der Waals surface area contributed by atoms with Crippen molar-refractivity contribution >= 4 is 39.8 Å². The SMILES string of the molecule is O=C(c1ccc(Nc2nc(-c3cccs3)nc3cn[nH]c23)cc1)N1CCOCC1. The van der Waals surface area contributed by atoms with Gasteiger partial charge in [0.2, 0.25) is 0 Å². The lowest BCUT2D eigenvalue weighted by Crippen LogP contribution is -2.40. The second kappa shape index (κ2) is 7.61. The Morgan fingerprint density at radius 3 is 2.72 bits per heavy atom. The van der Waals surface area contributed by atoms with Crippen LogP contribution in [0.1, 0.15) is 10.4 Å². The van der Waals surface area contributed by atoms with E-state index >= 15 is 0 Å². The number of rotatable bonds is 4. The van der Waals surface area contributed by atoms with Crippen LogP contribution in [0, 0.1) is 0 Å². The van der Waals surface area contributed by atoms with Gasteiger partial charge in [-0.1, -0.05) is 6.07 Å². The van der Waals surface area contributed by atoms with E-state index in [1.165, 1.54) is 0 Å². The van der Waals surface area contributed by atoms with Crippen molar-refractivity contribution in [3.05, 3.63) is 53.5 Å². The molecular formula is C20H18N6O2S. The fourth-order valence-corrected chi connectivity index (χ4v) is 3.89. The van der Waals surface area contributed by atoms with E-state index in [0.717, 1.165) is 21.6 Å². The smallest absolute Gasteiger partial charge is 0.254 e. The summed E-state index contributed by atoms with van der Waals surface area (Å²) < 4.78 is 5.31. The first-order chi connectivity index (χ1) is 14.3. The maximum Gasteiger partial charge on any atom is 0.254 e. The molecule has 2 N–H and O–H groups in total. The number of fused-ring (bicyclic) bond motifs is 1. The van der Waals surface area contributed by atoms with Crippen LogP contribution in [0.25, 0.3) is 21.7 Å². The van der Waals surface area contributed by atoms with Crippen LogP contribution in [0.2, 0.25) is 0 Å². The molecule has 1 amide bonds. The highest BCUT2D eigenvalue weighted by Crippen LogP contribution is 2.28. The Bertz CT molecular complexity index is 1130. The molecule has 0 atom stereocenters. The molecule has 29 heavy (non-hydrogen) atoms. The van der Waals surface area contributed by atoms with E-state index < -0.39 is 0 Å². The third kappa shape index (κ3) is 3.57. The number of aromatic nitrogens is 4. The van der Waals surface area contributed by atoms with Gasteiger partial charge in [-0.2, -0.15) is 5.10 Å². The van der Waals surface area contributed by atoms with Gasteiger partial charge in [0.25, 0.3) is 5.91 Å². The molecule has 0 saturated carbocycles. The van der Waals surface area contributed by atoms with Crippen LogP contribution >= 0.6 is 11.3 Å². The zero-order valence-corrected chi connectivity index (χ0v) is 16.3. The minimum absolute atomic E-state index is 0.0258. The van der Waals surface area contributed by atoms with Crippen LogP contribution < -0.4 is 5.32 Å². The quantitative estimate of drug-likeness (QED) is 0.540. The van der Waals surface area contributed by atoms with E-state index in [4.69, 9.17) is 4.74 Å². The number of ether oxygens (including phenoxy) is 1. The number of aromatic amines is 1. The van der Waals surface area contributed by atoms with Crippen LogP contribution in [0.3, 0.4) is 0 Å². The molecule has 3 aromatic heterocycles. The molecule has 1 aliphatic rings. The van der Waals surface area contributed by atoms with Crippen LogP contribution in [0.5, 0.6) is 0 Å². The number of nitrogens with zero attached hydrogens (tertiary/aromatic N) is 4. The molecular weight excluding hydrogens is 388 g/mol. The van der Waals surface area contributed by atoms with Crippen molar-refractivity contribution in [2.24, 2.45) is 0 Å². The summed E-state index contributed by atoms with van der Waals surface area (Å²) in [5, 5.41) is 12.4. The molecule has 0 aliphatic carbocycles. The number of anilines is 2. The van der Waals surface area contributed by atoms with Gasteiger partial charge in [-0.15, -0.1) is 11.3 Å². The molecule has 4 heterocycles. The second-order valence-corrected chi connectivity index (χ2v) is 7.56. The number of nitrogens with one attached hydrogen (secondary N) is 2. The predicted octanol–water partition coefficient (Wildman–Crippen LogP) is 3.30. The number of hydrogen-bond acceptors (Lipinski definition) is 7. The molecule has 0 unspecified atom stereocenters. The van der Waals surface area contributed by atoms with Crippen molar-refractivity contribution in [1.29, 1.82) is 0 Å². The second-order valence-electron chi connectivity index (χ2n) is 6.61. The molecule has 1 aromatic carbocycles. The minimum atomic E-state index is 0.0258. The zero-order valence-electron chi connectivity index (χ0n) is 15.5. The van der Waals surface area contributed by atoms with Gasteiger partial charge in [0.05, 0.1) is 24.3 Å². The molecule has 0 bridgehead atoms. The van der Waals surface area contributed by atoms with Gasteiger partial charge in [-0.25, -0.2) is 9.97 Å². The highest BCUT2D eigenvalue weighted by Gasteiger charge is 2.18. The predicted molar refractivity (Wildman–Crippen MR) is 111 cm³/mol. The van der Waals surface area contributed by atoms with Gasteiger partial charge in [0.15, 0.2) is 11.6 Å². The normalized spacial score (nSPS) is 14.3. The van der Waals surface area contributed by atoms with Crippen LogP contribution in [0.15, 0.2) is 48.0 Å².